The Kier molecular flexibility index (Phi) is 2.98. The molecule has 0 spiro atoms. The van der Waals surface area contributed by atoms with Crippen LogP contribution in [0.1, 0.15) is 28.0 Å². The fraction of sp³-hybridized carbons (Fsp3) is 0.214. The third-order valence-electron chi connectivity index (χ3n) is 3.34. The van der Waals surface area contributed by atoms with Crippen LogP contribution < -0.4 is 5.32 Å². The van der Waals surface area contributed by atoms with Crippen molar-refractivity contribution in [3.8, 4) is 0 Å². The van der Waals surface area contributed by atoms with Crippen LogP contribution in [0.4, 0.5) is 11.5 Å². The third-order valence-corrected chi connectivity index (χ3v) is 3.34. The standard InChI is InChI=1S/C14H14N4O2/c1-18-12-5-3-2-4-10(12)13(17-18)16-11-8-15-7-6-9(11)14(19)20/h2,4,6-8H,3,5H2,1H3,(H,16,17)(H,19,20). The molecular formula is C14H14N4O2. The van der Waals surface area contributed by atoms with E-state index < -0.39 is 5.97 Å². The van der Waals surface area contributed by atoms with Crippen LogP contribution in [0.2, 0.25) is 0 Å². The van der Waals surface area contributed by atoms with Gasteiger partial charge in [0.1, 0.15) is 0 Å². The molecule has 6 heteroatoms. The van der Waals surface area contributed by atoms with Crippen LogP contribution >= 0.6 is 0 Å². The minimum Gasteiger partial charge on any atom is -0.478 e. The van der Waals surface area contributed by atoms with E-state index in [4.69, 9.17) is 0 Å². The van der Waals surface area contributed by atoms with Gasteiger partial charge in [0.2, 0.25) is 0 Å². The summed E-state index contributed by atoms with van der Waals surface area (Å²) in [5.41, 5.74) is 2.79. The van der Waals surface area contributed by atoms with E-state index in [0.717, 1.165) is 24.1 Å². The Morgan fingerprint density at radius 1 is 1.50 bits per heavy atom. The highest BCUT2D eigenvalue weighted by Gasteiger charge is 2.18. The van der Waals surface area contributed by atoms with Gasteiger partial charge in [-0.1, -0.05) is 12.2 Å². The third kappa shape index (κ3) is 2.05. The van der Waals surface area contributed by atoms with Crippen LogP contribution in [0.5, 0.6) is 0 Å². The maximum absolute atomic E-state index is 11.2. The van der Waals surface area contributed by atoms with Crippen molar-refractivity contribution in [2.75, 3.05) is 5.32 Å². The van der Waals surface area contributed by atoms with Crippen LogP contribution in [-0.2, 0) is 13.5 Å². The van der Waals surface area contributed by atoms with Crippen molar-refractivity contribution in [3.05, 3.63) is 41.4 Å². The van der Waals surface area contributed by atoms with E-state index in [1.54, 1.807) is 0 Å². The molecule has 0 saturated heterocycles. The number of pyridine rings is 1. The quantitative estimate of drug-likeness (QED) is 0.893. The zero-order chi connectivity index (χ0) is 14.1. The molecule has 1 aliphatic rings. The normalized spacial score (nSPS) is 13.1. The summed E-state index contributed by atoms with van der Waals surface area (Å²) in [6.45, 7) is 0. The van der Waals surface area contributed by atoms with Crippen LogP contribution in [-0.4, -0.2) is 25.8 Å². The summed E-state index contributed by atoms with van der Waals surface area (Å²) >= 11 is 0. The van der Waals surface area contributed by atoms with Gasteiger partial charge in [-0.3, -0.25) is 9.67 Å². The minimum atomic E-state index is -0.991. The summed E-state index contributed by atoms with van der Waals surface area (Å²) in [4.78, 5) is 15.2. The van der Waals surface area contributed by atoms with Crippen molar-refractivity contribution in [1.82, 2.24) is 14.8 Å². The van der Waals surface area contributed by atoms with Crippen molar-refractivity contribution in [2.45, 2.75) is 12.8 Å². The zero-order valence-corrected chi connectivity index (χ0v) is 11.0. The smallest absolute Gasteiger partial charge is 0.337 e. The summed E-state index contributed by atoms with van der Waals surface area (Å²) in [7, 11) is 1.89. The van der Waals surface area contributed by atoms with Gasteiger partial charge in [0.05, 0.1) is 17.4 Å². The molecule has 6 nitrogen and oxygen atoms in total. The number of anilines is 2. The molecule has 0 saturated carbocycles. The molecule has 3 rings (SSSR count). The predicted molar refractivity (Wildman–Crippen MR) is 75.0 cm³/mol. The molecule has 0 fully saturated rings. The first-order valence-electron chi connectivity index (χ1n) is 6.33. The van der Waals surface area contributed by atoms with E-state index in [0.29, 0.717) is 11.5 Å². The molecule has 2 aromatic rings. The summed E-state index contributed by atoms with van der Waals surface area (Å²) in [5, 5.41) is 16.7. The number of allylic oxidation sites excluding steroid dienone is 1. The lowest BCUT2D eigenvalue weighted by atomic mass is 10.0. The first kappa shape index (κ1) is 12.4. The Hall–Kier alpha value is -2.63. The number of aromatic nitrogens is 3. The second-order valence-electron chi connectivity index (χ2n) is 4.63. The van der Waals surface area contributed by atoms with E-state index in [-0.39, 0.29) is 5.56 Å². The number of fused-ring (bicyclic) bond motifs is 1. The first-order valence-corrected chi connectivity index (χ1v) is 6.33. The van der Waals surface area contributed by atoms with Crippen molar-refractivity contribution in [3.63, 3.8) is 0 Å². The van der Waals surface area contributed by atoms with E-state index in [1.165, 1.54) is 18.5 Å². The van der Waals surface area contributed by atoms with Crippen molar-refractivity contribution >= 4 is 23.6 Å². The molecule has 0 bridgehead atoms. The molecule has 2 heterocycles. The maximum Gasteiger partial charge on any atom is 0.337 e. The number of aryl methyl sites for hydroxylation is 1. The topological polar surface area (TPSA) is 80.0 Å². The van der Waals surface area contributed by atoms with Gasteiger partial charge < -0.3 is 10.4 Å². The highest BCUT2D eigenvalue weighted by Crippen LogP contribution is 2.28. The molecule has 20 heavy (non-hydrogen) atoms. The fourth-order valence-corrected chi connectivity index (χ4v) is 2.37. The number of carbonyl (C=O) groups is 1. The van der Waals surface area contributed by atoms with Gasteiger partial charge in [-0.15, -0.1) is 0 Å². The molecule has 2 aromatic heterocycles. The lowest BCUT2D eigenvalue weighted by Gasteiger charge is -2.09. The van der Waals surface area contributed by atoms with Gasteiger partial charge >= 0.3 is 5.97 Å². The van der Waals surface area contributed by atoms with Crippen molar-refractivity contribution in [2.24, 2.45) is 7.05 Å². The molecule has 2 N–H and O–H groups in total. The van der Waals surface area contributed by atoms with Gasteiger partial charge in [-0.05, 0) is 18.9 Å². The monoisotopic (exact) mass is 270 g/mol. The van der Waals surface area contributed by atoms with E-state index >= 15 is 0 Å². The zero-order valence-electron chi connectivity index (χ0n) is 11.0. The molecule has 1 aliphatic carbocycles. The van der Waals surface area contributed by atoms with E-state index in [1.807, 2.05) is 17.8 Å². The van der Waals surface area contributed by atoms with E-state index in [9.17, 15) is 9.90 Å². The Morgan fingerprint density at radius 2 is 2.35 bits per heavy atom. The number of nitrogens with one attached hydrogen (secondary N) is 1. The molecule has 102 valence electrons. The second-order valence-corrected chi connectivity index (χ2v) is 4.63. The number of hydrogen-bond acceptors (Lipinski definition) is 4. The fourth-order valence-electron chi connectivity index (χ4n) is 2.37. The lowest BCUT2D eigenvalue weighted by molar-refractivity contribution is 0.0698. The van der Waals surface area contributed by atoms with Gasteiger partial charge in [0.25, 0.3) is 0 Å². The molecule has 0 aliphatic heterocycles. The predicted octanol–water partition coefficient (Wildman–Crippen LogP) is 2.22. The summed E-state index contributed by atoms with van der Waals surface area (Å²) in [6.07, 6.45) is 9.01. The molecule has 0 atom stereocenters. The molecular weight excluding hydrogens is 256 g/mol. The largest absolute Gasteiger partial charge is 0.478 e. The first-order chi connectivity index (χ1) is 9.66. The molecule has 0 radical (unpaired) electrons. The number of rotatable bonds is 3. The van der Waals surface area contributed by atoms with Crippen LogP contribution in [0.25, 0.3) is 6.08 Å². The van der Waals surface area contributed by atoms with Gasteiger partial charge in [0.15, 0.2) is 5.82 Å². The van der Waals surface area contributed by atoms with Crippen LogP contribution in [0.15, 0.2) is 24.5 Å². The number of nitrogens with zero attached hydrogens (tertiary/aromatic N) is 3. The summed E-state index contributed by atoms with van der Waals surface area (Å²) in [5.74, 6) is -0.329. The van der Waals surface area contributed by atoms with Crippen LogP contribution in [0, 0.1) is 0 Å². The Morgan fingerprint density at radius 3 is 3.15 bits per heavy atom. The molecule has 0 unspecified atom stereocenters. The Labute approximate surface area is 115 Å². The van der Waals surface area contributed by atoms with E-state index in [2.05, 4.69) is 21.5 Å². The van der Waals surface area contributed by atoms with Crippen molar-refractivity contribution in [1.29, 1.82) is 0 Å². The van der Waals surface area contributed by atoms with Crippen molar-refractivity contribution < 1.29 is 9.90 Å². The van der Waals surface area contributed by atoms with Gasteiger partial charge in [-0.2, -0.15) is 5.10 Å². The molecule has 0 amide bonds. The number of aromatic carboxylic acids is 1. The number of hydrogen-bond donors (Lipinski definition) is 2. The molecule has 0 aromatic carbocycles. The van der Waals surface area contributed by atoms with Gasteiger partial charge in [-0.25, -0.2) is 4.79 Å². The number of carboxylic acids is 1. The summed E-state index contributed by atoms with van der Waals surface area (Å²) < 4.78 is 1.83. The van der Waals surface area contributed by atoms with Crippen LogP contribution in [0.3, 0.4) is 0 Å². The second kappa shape index (κ2) is 4.80. The average Bonchev–Trinajstić information content (AvgIpc) is 2.76. The minimum absolute atomic E-state index is 0.180. The average molecular weight is 270 g/mol. The maximum atomic E-state index is 11.2. The Balaban J connectivity index is 2.01. The highest BCUT2D eigenvalue weighted by molar-refractivity contribution is 5.95. The highest BCUT2D eigenvalue weighted by atomic mass is 16.4. The van der Waals surface area contributed by atoms with Gasteiger partial charge in [0, 0.05) is 24.5 Å². The SMILES string of the molecule is Cn1nc(Nc2cnccc2C(=O)O)c2c1CCC=C2. The Bertz CT molecular complexity index is 703. The lowest BCUT2D eigenvalue weighted by Crippen LogP contribution is -2.04. The number of carboxylic acid groups (broad SMARTS) is 1. The summed E-state index contributed by atoms with van der Waals surface area (Å²) in [6, 6.07) is 1.47.